The van der Waals surface area contributed by atoms with E-state index in [0.29, 0.717) is 4.47 Å². The number of halogens is 1. The molecular weight excluding hydrogens is 223 g/mol. The largest absolute Gasteiger partial charge is 0.398 e. The molecule has 0 spiro atoms. The monoisotopic (exact) mass is 234 g/mol. The number of benzene rings is 1. The minimum Gasteiger partial charge on any atom is -0.398 e. The van der Waals surface area contributed by atoms with Crippen molar-refractivity contribution in [3.05, 3.63) is 24.0 Å². The average molecular weight is 234 g/mol. The summed E-state index contributed by atoms with van der Waals surface area (Å²) < 4.78 is 36.9. The second-order valence-corrected chi connectivity index (χ2v) is 4.68. The van der Waals surface area contributed by atoms with Crippen LogP contribution in [-0.4, -0.2) is 27.0 Å². The minimum absolute atomic E-state index is 0.0275. The van der Waals surface area contributed by atoms with Gasteiger partial charge in [0.2, 0.25) is 0 Å². The van der Waals surface area contributed by atoms with E-state index < -0.39 is 15.8 Å². The van der Waals surface area contributed by atoms with Crippen molar-refractivity contribution in [3.8, 4) is 0 Å². The lowest BCUT2D eigenvalue weighted by atomic mass is 10.3. The topological polar surface area (TPSA) is 72.6 Å². The zero-order valence-electron chi connectivity index (χ0n) is 8.27. The van der Waals surface area contributed by atoms with Crippen molar-refractivity contribution in [2.24, 2.45) is 0 Å². The quantitative estimate of drug-likeness (QED) is 0.613. The molecule has 2 N–H and O–H groups in total. The standard InChI is InChI=1S/C8H11FN2O3S/c1-11(14-2)15(12,13)8-5-6(9)3-4-7(8)10/h3-5H,10H2,1-2H3. The predicted octanol–water partition coefficient (Wildman–Crippen LogP) is 0.590. The lowest BCUT2D eigenvalue weighted by molar-refractivity contribution is -0.0258. The molecule has 84 valence electrons. The summed E-state index contributed by atoms with van der Waals surface area (Å²) in [6.07, 6.45) is 0. The maximum Gasteiger partial charge on any atom is 0.266 e. The highest BCUT2D eigenvalue weighted by atomic mass is 32.2. The van der Waals surface area contributed by atoms with Gasteiger partial charge in [-0.1, -0.05) is 4.47 Å². The summed E-state index contributed by atoms with van der Waals surface area (Å²) in [5.74, 6) is -0.674. The Hall–Kier alpha value is -1.18. The predicted molar refractivity (Wildman–Crippen MR) is 52.8 cm³/mol. The van der Waals surface area contributed by atoms with Gasteiger partial charge in [-0.05, 0) is 18.2 Å². The number of sulfonamides is 1. The van der Waals surface area contributed by atoms with Gasteiger partial charge in [-0.2, -0.15) is 0 Å². The Morgan fingerprint density at radius 1 is 1.47 bits per heavy atom. The van der Waals surface area contributed by atoms with Crippen LogP contribution in [0, 0.1) is 5.82 Å². The molecule has 0 fully saturated rings. The molecule has 15 heavy (non-hydrogen) atoms. The van der Waals surface area contributed by atoms with Crippen LogP contribution in [0.15, 0.2) is 23.1 Å². The molecule has 0 saturated heterocycles. The van der Waals surface area contributed by atoms with Gasteiger partial charge >= 0.3 is 0 Å². The smallest absolute Gasteiger partial charge is 0.266 e. The first-order chi connectivity index (χ1) is 6.89. The van der Waals surface area contributed by atoms with Crippen LogP contribution >= 0.6 is 0 Å². The van der Waals surface area contributed by atoms with Crippen LogP contribution in [0.3, 0.4) is 0 Å². The van der Waals surface area contributed by atoms with E-state index >= 15 is 0 Å². The van der Waals surface area contributed by atoms with Gasteiger partial charge in [0.05, 0.1) is 12.8 Å². The number of hydrogen-bond acceptors (Lipinski definition) is 4. The maximum atomic E-state index is 12.9. The van der Waals surface area contributed by atoms with E-state index in [-0.39, 0.29) is 10.6 Å². The van der Waals surface area contributed by atoms with Gasteiger partial charge in [-0.3, -0.25) is 4.84 Å². The zero-order chi connectivity index (χ0) is 11.6. The van der Waals surface area contributed by atoms with E-state index in [9.17, 15) is 12.8 Å². The van der Waals surface area contributed by atoms with E-state index in [0.717, 1.165) is 12.1 Å². The van der Waals surface area contributed by atoms with Gasteiger partial charge in [0.1, 0.15) is 10.7 Å². The first-order valence-corrected chi connectivity index (χ1v) is 5.41. The Morgan fingerprint density at radius 2 is 2.07 bits per heavy atom. The van der Waals surface area contributed by atoms with Gasteiger partial charge in [0, 0.05) is 7.05 Å². The Kier molecular flexibility index (Phi) is 3.28. The van der Waals surface area contributed by atoms with Crippen LogP contribution in [0.5, 0.6) is 0 Å². The third-order valence-electron chi connectivity index (χ3n) is 1.85. The fraction of sp³-hybridized carbons (Fsp3) is 0.250. The summed E-state index contributed by atoms with van der Waals surface area (Å²) in [4.78, 5) is 4.22. The highest BCUT2D eigenvalue weighted by molar-refractivity contribution is 7.89. The van der Waals surface area contributed by atoms with Crippen molar-refractivity contribution in [1.29, 1.82) is 0 Å². The van der Waals surface area contributed by atoms with Crippen LogP contribution in [0.25, 0.3) is 0 Å². The first-order valence-electron chi connectivity index (χ1n) is 3.97. The molecule has 0 bridgehead atoms. The highest BCUT2D eigenvalue weighted by Gasteiger charge is 2.23. The Morgan fingerprint density at radius 3 is 2.60 bits per heavy atom. The molecule has 0 saturated carbocycles. The number of hydroxylamine groups is 1. The minimum atomic E-state index is -3.90. The second-order valence-electron chi connectivity index (χ2n) is 2.78. The van der Waals surface area contributed by atoms with E-state index in [2.05, 4.69) is 4.84 Å². The fourth-order valence-electron chi connectivity index (χ4n) is 0.968. The number of hydrogen-bond donors (Lipinski definition) is 1. The Labute approximate surface area is 87.3 Å². The summed E-state index contributed by atoms with van der Waals surface area (Å²) in [7, 11) is -1.51. The van der Waals surface area contributed by atoms with Crippen molar-refractivity contribution < 1.29 is 17.6 Å². The molecule has 0 aromatic heterocycles. The van der Waals surface area contributed by atoms with Gasteiger partial charge < -0.3 is 5.73 Å². The van der Waals surface area contributed by atoms with Gasteiger partial charge in [-0.25, -0.2) is 12.8 Å². The summed E-state index contributed by atoms with van der Waals surface area (Å²) >= 11 is 0. The molecule has 1 aromatic carbocycles. The summed E-state index contributed by atoms with van der Waals surface area (Å²) in [6, 6.07) is 3.12. The molecule has 1 rings (SSSR count). The number of nitrogens with two attached hydrogens (primary N) is 1. The number of nitrogen functional groups attached to an aromatic ring is 1. The van der Waals surface area contributed by atoms with Crippen LogP contribution < -0.4 is 5.73 Å². The van der Waals surface area contributed by atoms with Gasteiger partial charge in [0.25, 0.3) is 10.0 Å². The van der Waals surface area contributed by atoms with Crippen LogP contribution in [0.4, 0.5) is 10.1 Å². The molecule has 0 unspecified atom stereocenters. The number of nitrogens with zero attached hydrogens (tertiary/aromatic N) is 1. The van der Waals surface area contributed by atoms with Crippen molar-refractivity contribution in [2.75, 3.05) is 19.9 Å². The molecule has 0 amide bonds. The molecular formula is C8H11FN2O3S. The molecule has 0 aliphatic carbocycles. The van der Waals surface area contributed by atoms with Crippen LogP contribution in [0.2, 0.25) is 0 Å². The lowest BCUT2D eigenvalue weighted by Gasteiger charge is -2.15. The molecule has 1 aromatic rings. The number of rotatable bonds is 3. The summed E-state index contributed by atoms with van der Waals surface area (Å²) in [5, 5.41) is 0. The van der Waals surface area contributed by atoms with E-state index in [1.165, 1.54) is 20.2 Å². The Balaban J connectivity index is 3.33. The molecule has 5 nitrogen and oxygen atoms in total. The zero-order valence-corrected chi connectivity index (χ0v) is 9.08. The van der Waals surface area contributed by atoms with E-state index in [1.807, 2.05) is 0 Å². The fourth-order valence-corrected chi connectivity index (χ4v) is 2.07. The lowest BCUT2D eigenvalue weighted by Crippen LogP contribution is -2.26. The third-order valence-corrected chi connectivity index (χ3v) is 3.58. The highest BCUT2D eigenvalue weighted by Crippen LogP contribution is 2.22. The number of anilines is 1. The molecule has 0 aliphatic heterocycles. The van der Waals surface area contributed by atoms with Crippen molar-refractivity contribution in [1.82, 2.24) is 4.47 Å². The molecule has 0 radical (unpaired) electrons. The Bertz CT molecular complexity index is 461. The summed E-state index contributed by atoms with van der Waals surface area (Å²) in [5.41, 5.74) is 5.41. The van der Waals surface area contributed by atoms with Crippen LogP contribution in [-0.2, 0) is 14.9 Å². The molecule has 0 heterocycles. The maximum absolute atomic E-state index is 12.9. The van der Waals surface area contributed by atoms with Gasteiger partial charge in [-0.15, -0.1) is 0 Å². The van der Waals surface area contributed by atoms with Crippen molar-refractivity contribution >= 4 is 15.7 Å². The normalized spacial score (nSPS) is 12.0. The first kappa shape index (κ1) is 11.9. The SMILES string of the molecule is CON(C)S(=O)(=O)c1cc(F)ccc1N. The van der Waals surface area contributed by atoms with Crippen molar-refractivity contribution in [2.45, 2.75) is 4.90 Å². The third kappa shape index (κ3) is 2.25. The molecule has 7 heteroatoms. The molecule has 0 aliphatic rings. The van der Waals surface area contributed by atoms with E-state index in [4.69, 9.17) is 5.73 Å². The second kappa shape index (κ2) is 4.13. The van der Waals surface area contributed by atoms with Crippen molar-refractivity contribution in [3.63, 3.8) is 0 Å². The summed E-state index contributed by atoms with van der Waals surface area (Å²) in [6.45, 7) is 0. The molecule has 0 atom stereocenters. The van der Waals surface area contributed by atoms with E-state index in [1.54, 1.807) is 0 Å². The van der Waals surface area contributed by atoms with Gasteiger partial charge in [0.15, 0.2) is 0 Å². The van der Waals surface area contributed by atoms with Crippen LogP contribution in [0.1, 0.15) is 0 Å². The average Bonchev–Trinajstić information content (AvgIpc) is 2.20.